The average molecular weight is 431 g/mol. The highest BCUT2D eigenvalue weighted by atomic mass is 79.9. The van der Waals surface area contributed by atoms with Crippen LogP contribution in [0, 0.1) is 34.6 Å². The number of rotatable bonds is 2. The maximum Gasteiger partial charge on any atom is 0.0664 e. The Hall–Kier alpha value is -0.310. The highest BCUT2D eigenvalue weighted by Gasteiger charge is 2.21. The summed E-state index contributed by atoms with van der Waals surface area (Å²) in [6.07, 6.45) is 0. The average Bonchev–Trinajstić information content (AvgIpc) is 2.45. The number of halogens is 3. The lowest BCUT2D eigenvalue weighted by Gasteiger charge is -2.23. The molecule has 0 saturated carbocycles. The Labute approximate surface area is 149 Å². The van der Waals surface area contributed by atoms with E-state index in [1.165, 1.54) is 33.4 Å². The van der Waals surface area contributed by atoms with Crippen molar-refractivity contribution in [2.24, 2.45) is 0 Å². The SMILES string of the molecule is Cc1c(C)c(C)c(C(Br)c2cc(Br)ccc2Cl)c(C)c1C. The van der Waals surface area contributed by atoms with Crippen LogP contribution in [0.4, 0.5) is 0 Å². The third-order valence-corrected chi connectivity index (χ3v) is 6.33. The maximum absolute atomic E-state index is 6.41. The molecule has 0 amide bonds. The summed E-state index contributed by atoms with van der Waals surface area (Å²) < 4.78 is 1.04. The van der Waals surface area contributed by atoms with Crippen molar-refractivity contribution >= 4 is 43.5 Å². The van der Waals surface area contributed by atoms with Gasteiger partial charge in [-0.1, -0.05) is 43.5 Å². The number of benzene rings is 2. The molecule has 0 aliphatic heterocycles. The molecular weight excluding hydrogens is 411 g/mol. The van der Waals surface area contributed by atoms with E-state index < -0.39 is 0 Å². The number of alkyl halides is 1. The fourth-order valence-corrected chi connectivity index (χ4v) is 4.58. The van der Waals surface area contributed by atoms with E-state index in [2.05, 4.69) is 72.5 Å². The second-order valence-electron chi connectivity index (χ2n) is 5.57. The summed E-state index contributed by atoms with van der Waals surface area (Å²) >= 11 is 13.8. The first-order valence-electron chi connectivity index (χ1n) is 6.91. The first-order chi connectivity index (χ1) is 9.75. The van der Waals surface area contributed by atoms with E-state index >= 15 is 0 Å². The zero-order chi connectivity index (χ0) is 15.9. The lowest BCUT2D eigenvalue weighted by molar-refractivity contribution is 1.05. The van der Waals surface area contributed by atoms with Gasteiger partial charge in [0.15, 0.2) is 0 Å². The van der Waals surface area contributed by atoms with Crippen molar-refractivity contribution in [3.05, 3.63) is 66.6 Å². The molecule has 112 valence electrons. The van der Waals surface area contributed by atoms with Crippen molar-refractivity contribution in [2.45, 2.75) is 39.4 Å². The molecule has 0 aliphatic carbocycles. The van der Waals surface area contributed by atoms with Crippen molar-refractivity contribution in [1.29, 1.82) is 0 Å². The minimum absolute atomic E-state index is 0.0977. The van der Waals surface area contributed by atoms with E-state index in [1.54, 1.807) is 0 Å². The normalized spacial score (nSPS) is 12.6. The Morgan fingerprint density at radius 2 is 1.33 bits per heavy atom. The summed E-state index contributed by atoms with van der Waals surface area (Å²) in [4.78, 5) is 0.0977. The van der Waals surface area contributed by atoms with Gasteiger partial charge >= 0.3 is 0 Å². The van der Waals surface area contributed by atoms with Gasteiger partial charge in [-0.05, 0) is 91.8 Å². The summed E-state index contributed by atoms with van der Waals surface area (Å²) in [6.45, 7) is 11.0. The molecule has 0 spiro atoms. The Balaban J connectivity index is 2.69. The van der Waals surface area contributed by atoms with Crippen LogP contribution < -0.4 is 0 Å². The molecular formula is C18H19Br2Cl. The van der Waals surface area contributed by atoms with Gasteiger partial charge in [0.2, 0.25) is 0 Å². The quantitative estimate of drug-likeness (QED) is 0.445. The van der Waals surface area contributed by atoms with Gasteiger partial charge in [-0.15, -0.1) is 0 Å². The van der Waals surface area contributed by atoms with Crippen LogP contribution in [0.15, 0.2) is 22.7 Å². The molecule has 0 aliphatic rings. The molecule has 0 heterocycles. The molecule has 0 aromatic heterocycles. The van der Waals surface area contributed by atoms with Crippen LogP contribution in [0.5, 0.6) is 0 Å². The van der Waals surface area contributed by atoms with E-state index in [9.17, 15) is 0 Å². The van der Waals surface area contributed by atoms with Crippen molar-refractivity contribution in [2.75, 3.05) is 0 Å². The molecule has 2 aromatic carbocycles. The molecule has 3 heteroatoms. The largest absolute Gasteiger partial charge is 0.0840 e. The van der Waals surface area contributed by atoms with Gasteiger partial charge in [-0.2, -0.15) is 0 Å². The third kappa shape index (κ3) is 3.09. The van der Waals surface area contributed by atoms with Crippen molar-refractivity contribution in [3.8, 4) is 0 Å². The predicted octanol–water partition coefficient (Wildman–Crippen LogP) is 7.13. The number of hydrogen-bond acceptors (Lipinski definition) is 0. The first kappa shape index (κ1) is 17.1. The van der Waals surface area contributed by atoms with Crippen molar-refractivity contribution in [1.82, 2.24) is 0 Å². The van der Waals surface area contributed by atoms with Gasteiger partial charge < -0.3 is 0 Å². The zero-order valence-electron chi connectivity index (χ0n) is 12.9. The van der Waals surface area contributed by atoms with Gasteiger partial charge in [0.05, 0.1) is 4.83 Å². The summed E-state index contributed by atoms with van der Waals surface area (Å²) in [5.41, 5.74) is 9.22. The van der Waals surface area contributed by atoms with Gasteiger partial charge in [-0.3, -0.25) is 0 Å². The topological polar surface area (TPSA) is 0 Å². The van der Waals surface area contributed by atoms with Gasteiger partial charge in [0, 0.05) is 9.50 Å². The van der Waals surface area contributed by atoms with Gasteiger partial charge in [0.25, 0.3) is 0 Å². The summed E-state index contributed by atoms with van der Waals surface area (Å²) in [5.74, 6) is 0. The molecule has 0 radical (unpaired) electrons. The summed E-state index contributed by atoms with van der Waals surface area (Å²) in [5, 5.41) is 0.787. The Morgan fingerprint density at radius 3 is 1.86 bits per heavy atom. The lowest BCUT2D eigenvalue weighted by Crippen LogP contribution is -2.06. The van der Waals surface area contributed by atoms with Crippen LogP contribution in [0.25, 0.3) is 0 Å². The molecule has 1 atom stereocenters. The maximum atomic E-state index is 6.41. The second kappa shape index (κ2) is 6.44. The molecule has 0 N–H and O–H groups in total. The third-order valence-electron chi connectivity index (χ3n) is 4.54. The van der Waals surface area contributed by atoms with E-state index in [4.69, 9.17) is 11.6 Å². The first-order valence-corrected chi connectivity index (χ1v) is 9.00. The zero-order valence-corrected chi connectivity index (χ0v) is 16.9. The van der Waals surface area contributed by atoms with Crippen molar-refractivity contribution < 1.29 is 0 Å². The summed E-state index contributed by atoms with van der Waals surface area (Å²) in [7, 11) is 0. The van der Waals surface area contributed by atoms with E-state index in [1.807, 2.05) is 12.1 Å². The molecule has 0 fully saturated rings. The molecule has 2 rings (SSSR count). The highest BCUT2D eigenvalue weighted by Crippen LogP contribution is 2.41. The molecule has 2 aromatic rings. The molecule has 21 heavy (non-hydrogen) atoms. The highest BCUT2D eigenvalue weighted by molar-refractivity contribution is 9.10. The Bertz CT molecular complexity index is 676. The van der Waals surface area contributed by atoms with E-state index in [0.717, 1.165) is 15.1 Å². The van der Waals surface area contributed by atoms with Crippen LogP contribution in [0.3, 0.4) is 0 Å². The number of hydrogen-bond donors (Lipinski definition) is 0. The predicted molar refractivity (Wildman–Crippen MR) is 100 cm³/mol. The van der Waals surface area contributed by atoms with E-state index in [0.29, 0.717) is 0 Å². The van der Waals surface area contributed by atoms with Crippen LogP contribution in [-0.2, 0) is 0 Å². The Morgan fingerprint density at radius 1 is 0.857 bits per heavy atom. The fourth-order valence-electron chi connectivity index (χ4n) is 2.77. The summed E-state index contributed by atoms with van der Waals surface area (Å²) in [6, 6.07) is 6.00. The smallest absolute Gasteiger partial charge is 0.0664 e. The Kier molecular flexibility index (Phi) is 5.23. The second-order valence-corrected chi connectivity index (χ2v) is 7.81. The van der Waals surface area contributed by atoms with Gasteiger partial charge in [-0.25, -0.2) is 0 Å². The standard InChI is InChI=1S/C18H19Br2Cl/c1-9-10(2)12(4)17(13(5)11(9)3)18(20)15-8-14(19)6-7-16(15)21/h6-8,18H,1-5H3. The fraction of sp³-hybridized carbons (Fsp3) is 0.333. The van der Waals surface area contributed by atoms with Crippen LogP contribution in [0.2, 0.25) is 5.02 Å². The monoisotopic (exact) mass is 428 g/mol. The van der Waals surface area contributed by atoms with Gasteiger partial charge in [0.1, 0.15) is 0 Å². The molecule has 0 saturated heterocycles. The van der Waals surface area contributed by atoms with Crippen LogP contribution >= 0.6 is 43.5 Å². The minimum Gasteiger partial charge on any atom is -0.0840 e. The van der Waals surface area contributed by atoms with Crippen molar-refractivity contribution in [3.63, 3.8) is 0 Å². The molecule has 1 unspecified atom stereocenters. The minimum atomic E-state index is 0.0977. The molecule has 0 bridgehead atoms. The molecule has 0 nitrogen and oxygen atoms in total. The van der Waals surface area contributed by atoms with Crippen LogP contribution in [-0.4, -0.2) is 0 Å². The van der Waals surface area contributed by atoms with Crippen LogP contribution in [0.1, 0.15) is 43.8 Å². The lowest BCUT2D eigenvalue weighted by atomic mass is 9.87. The van der Waals surface area contributed by atoms with E-state index in [-0.39, 0.29) is 4.83 Å².